The van der Waals surface area contributed by atoms with Crippen molar-refractivity contribution in [3.05, 3.63) is 56.5 Å². The number of halogens is 3. The van der Waals surface area contributed by atoms with E-state index in [1.807, 2.05) is 12.1 Å². The molecule has 150 valence electrons. The standard InChI is InChI=1S/C21H18Cl3N3O2/c22-14-9-13-5-7-18(27-21(13)16(24)10-14)19(28)2-1-3-20(29)26-17-6-4-12(11-25)8-15(17)23/h4,6,8-10,18,27H,1-3,5,7H2,(H,26,29). The molecule has 8 heteroatoms. The van der Waals surface area contributed by atoms with E-state index in [1.54, 1.807) is 18.2 Å². The smallest absolute Gasteiger partial charge is 0.224 e. The Hall–Kier alpha value is -2.26. The van der Waals surface area contributed by atoms with Gasteiger partial charge in [0.1, 0.15) is 0 Å². The summed E-state index contributed by atoms with van der Waals surface area (Å²) in [6.07, 6.45) is 2.29. The Morgan fingerprint density at radius 2 is 1.93 bits per heavy atom. The van der Waals surface area contributed by atoms with E-state index >= 15 is 0 Å². The van der Waals surface area contributed by atoms with E-state index in [0.29, 0.717) is 39.2 Å². The fourth-order valence-electron chi connectivity index (χ4n) is 3.27. The minimum atomic E-state index is -0.322. The lowest BCUT2D eigenvalue weighted by Gasteiger charge is -2.27. The van der Waals surface area contributed by atoms with E-state index < -0.39 is 0 Å². The summed E-state index contributed by atoms with van der Waals surface area (Å²) in [4.78, 5) is 24.7. The van der Waals surface area contributed by atoms with Crippen LogP contribution < -0.4 is 10.6 Å². The summed E-state index contributed by atoms with van der Waals surface area (Å²) >= 11 is 18.3. The molecule has 5 nitrogen and oxygen atoms in total. The molecule has 0 fully saturated rings. The van der Waals surface area contributed by atoms with Gasteiger partial charge in [0.25, 0.3) is 0 Å². The van der Waals surface area contributed by atoms with Crippen molar-refractivity contribution in [1.82, 2.24) is 0 Å². The average Bonchev–Trinajstić information content (AvgIpc) is 2.69. The Morgan fingerprint density at radius 3 is 2.66 bits per heavy atom. The number of carbonyl (C=O) groups excluding carboxylic acids is 2. The summed E-state index contributed by atoms with van der Waals surface area (Å²) in [7, 11) is 0. The number of Topliss-reactive ketones (excluding diaryl/α,β-unsaturated/α-hetero) is 1. The predicted molar refractivity (Wildman–Crippen MR) is 116 cm³/mol. The Kier molecular flexibility index (Phi) is 7.02. The first kappa shape index (κ1) is 21.4. The van der Waals surface area contributed by atoms with E-state index in [-0.39, 0.29) is 30.6 Å². The number of nitrogens with one attached hydrogen (secondary N) is 2. The van der Waals surface area contributed by atoms with Gasteiger partial charge in [0.2, 0.25) is 5.91 Å². The number of rotatable bonds is 6. The van der Waals surface area contributed by atoms with Gasteiger partial charge in [0, 0.05) is 17.9 Å². The van der Waals surface area contributed by atoms with Crippen molar-refractivity contribution in [2.24, 2.45) is 0 Å². The van der Waals surface area contributed by atoms with E-state index in [0.717, 1.165) is 17.7 Å². The summed E-state index contributed by atoms with van der Waals surface area (Å²) in [5.74, 6) is -0.185. The van der Waals surface area contributed by atoms with Crippen LogP contribution in [0.1, 0.15) is 36.8 Å². The molecule has 1 aliphatic heterocycles. The van der Waals surface area contributed by atoms with Crippen LogP contribution in [-0.4, -0.2) is 17.7 Å². The van der Waals surface area contributed by atoms with Gasteiger partial charge >= 0.3 is 0 Å². The van der Waals surface area contributed by atoms with Crippen LogP contribution in [0.15, 0.2) is 30.3 Å². The van der Waals surface area contributed by atoms with Crippen molar-refractivity contribution in [3.8, 4) is 6.07 Å². The lowest BCUT2D eigenvalue weighted by atomic mass is 9.93. The second-order valence-corrected chi connectivity index (χ2v) is 8.08. The molecule has 29 heavy (non-hydrogen) atoms. The average molecular weight is 451 g/mol. The number of nitrogens with zero attached hydrogens (tertiary/aromatic N) is 1. The highest BCUT2D eigenvalue weighted by atomic mass is 35.5. The highest BCUT2D eigenvalue weighted by Crippen LogP contribution is 2.35. The van der Waals surface area contributed by atoms with Gasteiger partial charge in [-0.25, -0.2) is 0 Å². The van der Waals surface area contributed by atoms with Crippen LogP contribution in [0.3, 0.4) is 0 Å². The van der Waals surface area contributed by atoms with Crippen molar-refractivity contribution >= 4 is 57.9 Å². The van der Waals surface area contributed by atoms with Gasteiger partial charge < -0.3 is 10.6 Å². The number of aryl methyl sites for hydroxylation is 1. The van der Waals surface area contributed by atoms with Crippen LogP contribution in [0.2, 0.25) is 15.1 Å². The predicted octanol–water partition coefficient (Wildman–Crippen LogP) is 5.62. The maximum atomic E-state index is 12.5. The van der Waals surface area contributed by atoms with Crippen molar-refractivity contribution < 1.29 is 9.59 Å². The molecule has 1 atom stereocenters. The minimum Gasteiger partial charge on any atom is -0.374 e. The highest BCUT2D eigenvalue weighted by Gasteiger charge is 2.25. The lowest BCUT2D eigenvalue weighted by molar-refractivity contribution is -0.120. The van der Waals surface area contributed by atoms with Gasteiger partial charge in [-0.2, -0.15) is 5.26 Å². The second kappa shape index (κ2) is 9.49. The third kappa shape index (κ3) is 5.42. The lowest BCUT2D eigenvalue weighted by Crippen LogP contribution is -2.33. The maximum absolute atomic E-state index is 12.5. The summed E-state index contributed by atoms with van der Waals surface area (Å²) < 4.78 is 0. The quantitative estimate of drug-likeness (QED) is 0.598. The van der Waals surface area contributed by atoms with Crippen molar-refractivity contribution in [1.29, 1.82) is 5.26 Å². The molecule has 0 bridgehead atoms. The van der Waals surface area contributed by atoms with E-state index in [2.05, 4.69) is 10.6 Å². The number of hydrogen-bond donors (Lipinski definition) is 2. The second-order valence-electron chi connectivity index (χ2n) is 6.83. The molecule has 2 N–H and O–H groups in total. The Morgan fingerprint density at radius 1 is 1.14 bits per heavy atom. The van der Waals surface area contributed by atoms with Gasteiger partial charge in [0.15, 0.2) is 5.78 Å². The van der Waals surface area contributed by atoms with E-state index in [9.17, 15) is 9.59 Å². The van der Waals surface area contributed by atoms with Gasteiger partial charge in [-0.3, -0.25) is 9.59 Å². The number of nitriles is 1. The van der Waals surface area contributed by atoms with Crippen LogP contribution in [0, 0.1) is 11.3 Å². The molecule has 2 aromatic carbocycles. The first-order chi connectivity index (χ1) is 13.9. The zero-order valence-electron chi connectivity index (χ0n) is 15.4. The molecule has 0 saturated heterocycles. The first-order valence-corrected chi connectivity index (χ1v) is 10.3. The normalized spacial score (nSPS) is 15.0. The molecule has 0 radical (unpaired) electrons. The Balaban J connectivity index is 1.49. The number of fused-ring (bicyclic) bond motifs is 1. The Bertz CT molecular complexity index is 1000. The fourth-order valence-corrected chi connectivity index (χ4v) is 4.09. The topological polar surface area (TPSA) is 82.0 Å². The van der Waals surface area contributed by atoms with Gasteiger partial charge in [0.05, 0.1) is 39.1 Å². The molecule has 0 aromatic heterocycles. The van der Waals surface area contributed by atoms with Crippen molar-refractivity contribution in [2.45, 2.75) is 38.1 Å². The summed E-state index contributed by atoms with van der Waals surface area (Å²) in [6, 6.07) is 9.83. The fraction of sp³-hybridized carbons (Fsp3) is 0.286. The van der Waals surface area contributed by atoms with Crippen LogP contribution in [0.25, 0.3) is 0 Å². The van der Waals surface area contributed by atoms with E-state index in [1.165, 1.54) is 6.07 Å². The number of anilines is 2. The number of carbonyl (C=O) groups is 2. The zero-order chi connectivity index (χ0) is 21.0. The highest BCUT2D eigenvalue weighted by molar-refractivity contribution is 6.36. The molecule has 0 spiro atoms. The molecular weight excluding hydrogens is 433 g/mol. The number of hydrogen-bond acceptors (Lipinski definition) is 4. The van der Waals surface area contributed by atoms with Crippen molar-refractivity contribution in [3.63, 3.8) is 0 Å². The van der Waals surface area contributed by atoms with Crippen LogP contribution in [-0.2, 0) is 16.0 Å². The molecule has 3 rings (SSSR count). The van der Waals surface area contributed by atoms with Gasteiger partial charge in [-0.05, 0) is 55.2 Å². The van der Waals surface area contributed by atoms with Crippen LogP contribution >= 0.6 is 34.8 Å². The monoisotopic (exact) mass is 449 g/mol. The zero-order valence-corrected chi connectivity index (χ0v) is 17.7. The SMILES string of the molecule is N#Cc1ccc(NC(=O)CCCC(=O)C2CCc3cc(Cl)cc(Cl)c3N2)c(Cl)c1. The first-order valence-electron chi connectivity index (χ1n) is 9.14. The molecular formula is C21H18Cl3N3O2. The Labute approximate surface area is 183 Å². The van der Waals surface area contributed by atoms with Gasteiger partial charge in [-0.15, -0.1) is 0 Å². The summed E-state index contributed by atoms with van der Waals surface area (Å²) in [6.45, 7) is 0. The largest absolute Gasteiger partial charge is 0.374 e. The number of amides is 1. The van der Waals surface area contributed by atoms with Gasteiger partial charge in [-0.1, -0.05) is 34.8 Å². The minimum absolute atomic E-state index is 0.0471. The maximum Gasteiger partial charge on any atom is 0.224 e. The molecule has 2 aromatic rings. The summed E-state index contributed by atoms with van der Waals surface area (Å²) in [5.41, 5.74) is 2.63. The van der Waals surface area contributed by atoms with E-state index in [4.69, 9.17) is 40.1 Å². The van der Waals surface area contributed by atoms with Crippen LogP contribution in [0.4, 0.5) is 11.4 Å². The number of benzene rings is 2. The molecule has 1 heterocycles. The van der Waals surface area contributed by atoms with Crippen LogP contribution in [0.5, 0.6) is 0 Å². The molecule has 0 aliphatic carbocycles. The van der Waals surface area contributed by atoms with Crippen molar-refractivity contribution in [2.75, 3.05) is 10.6 Å². The molecule has 0 saturated carbocycles. The molecule has 1 amide bonds. The molecule has 1 aliphatic rings. The number of ketones is 1. The third-order valence-electron chi connectivity index (χ3n) is 4.75. The summed E-state index contributed by atoms with van der Waals surface area (Å²) in [5, 5.41) is 16.1. The molecule has 1 unspecified atom stereocenters. The third-order valence-corrected chi connectivity index (χ3v) is 5.57.